The quantitative estimate of drug-likeness (QED) is 0.0444. The van der Waals surface area contributed by atoms with E-state index in [0.717, 1.165) is 0 Å². The molecule has 634 valence electrons. The topological polar surface area (TPSA) is 16.2 Å². The van der Waals surface area contributed by atoms with Crippen LogP contribution in [-0.4, -0.2) is 123 Å². The highest BCUT2D eigenvalue weighted by molar-refractivity contribution is 4.85. The van der Waals surface area contributed by atoms with Crippen LogP contribution in [0.2, 0.25) is 0 Å². The van der Waals surface area contributed by atoms with Crippen molar-refractivity contribution in [2.45, 2.75) is 497 Å². The van der Waals surface area contributed by atoms with Gasteiger partial charge in [-0.15, -0.1) is 0 Å². The standard InChI is InChI=1S/C57H112N2.C45H89N3/c1-5-8-11-14-17-20-23-26-29-32-35-38-41-44-47-50-53-58(4)56-57-59(54-51-48-45-42-39-36-33-30-27-24-21-18-15-12-9-6-2)55-52-49-46-43-40-37-34-31-28-25-22-19-16-13-10-7-3;1-4-7-9-11-13-15-17-19-21-23-25-27-29-31-33-35-38-47(42-45-48-43-40-46(37-6-3)41-44-48)39-36-34-32-30-28-26-24-22-20-18-16-14-12-10-8-5-2/h26-31H,5-25,32-57H2,1-4H3;19-22H,4-18,23-45H2,1-3H3/b29-26-,30-27-,31-28-;21-19-,22-20-. The maximum Gasteiger partial charge on any atom is 0.0110 e. The van der Waals surface area contributed by atoms with Crippen molar-refractivity contribution in [3.63, 3.8) is 0 Å². The molecule has 107 heavy (non-hydrogen) atoms. The van der Waals surface area contributed by atoms with Gasteiger partial charge in [0.1, 0.15) is 0 Å². The highest BCUT2D eigenvalue weighted by atomic mass is 15.3. The zero-order valence-corrected chi connectivity index (χ0v) is 75.1. The van der Waals surface area contributed by atoms with E-state index in [0.29, 0.717) is 0 Å². The number of nitrogens with zero attached hydrogens (tertiary/aromatic N) is 5. The number of unbranched alkanes of at least 4 members (excludes halogenated alkanes) is 60. The maximum absolute atomic E-state index is 2.84. The van der Waals surface area contributed by atoms with Crippen LogP contribution < -0.4 is 0 Å². The Bertz CT molecular complexity index is 1660. The van der Waals surface area contributed by atoms with Crippen molar-refractivity contribution in [3.8, 4) is 0 Å². The second-order valence-corrected chi connectivity index (χ2v) is 34.4. The van der Waals surface area contributed by atoms with Crippen LogP contribution in [0.25, 0.3) is 0 Å². The average Bonchev–Trinajstić information content (AvgIpc) is 0.937. The minimum atomic E-state index is 1.24. The summed E-state index contributed by atoms with van der Waals surface area (Å²) in [7, 11) is 2.38. The summed E-state index contributed by atoms with van der Waals surface area (Å²) in [5, 5.41) is 0. The van der Waals surface area contributed by atoms with E-state index >= 15 is 0 Å². The largest absolute Gasteiger partial charge is 0.305 e. The van der Waals surface area contributed by atoms with E-state index in [1.807, 2.05) is 0 Å². The Hall–Kier alpha value is -1.50. The summed E-state index contributed by atoms with van der Waals surface area (Å²) in [6.45, 7) is 31.8. The van der Waals surface area contributed by atoms with Gasteiger partial charge in [-0.2, -0.15) is 0 Å². The number of rotatable bonds is 88. The normalized spacial score (nSPS) is 13.4. The van der Waals surface area contributed by atoms with Crippen molar-refractivity contribution in [3.05, 3.63) is 60.8 Å². The smallest absolute Gasteiger partial charge is 0.0110 e. The number of hydrogen-bond donors (Lipinski definition) is 0. The molecule has 5 nitrogen and oxygen atoms in total. The molecule has 0 atom stereocenters. The lowest BCUT2D eigenvalue weighted by Gasteiger charge is -2.35. The van der Waals surface area contributed by atoms with Gasteiger partial charge < -0.3 is 19.6 Å². The third-order valence-electron chi connectivity index (χ3n) is 23.5. The lowest BCUT2D eigenvalue weighted by molar-refractivity contribution is 0.117. The molecule has 1 fully saturated rings. The molecule has 0 spiro atoms. The highest BCUT2D eigenvalue weighted by Gasteiger charge is 2.17. The molecule has 0 amide bonds. The van der Waals surface area contributed by atoms with Crippen LogP contribution in [0.15, 0.2) is 60.8 Å². The minimum Gasteiger partial charge on any atom is -0.305 e. The molecule has 0 unspecified atom stereocenters. The summed E-state index contributed by atoms with van der Waals surface area (Å²) in [5.41, 5.74) is 0. The van der Waals surface area contributed by atoms with Gasteiger partial charge in [0.2, 0.25) is 0 Å². The van der Waals surface area contributed by atoms with Gasteiger partial charge in [0.25, 0.3) is 0 Å². The molecule has 0 aromatic rings. The molecule has 1 rings (SSSR count). The van der Waals surface area contributed by atoms with Gasteiger partial charge in [0, 0.05) is 52.4 Å². The first-order valence-corrected chi connectivity index (χ1v) is 49.9. The Morgan fingerprint density at radius 2 is 0.346 bits per heavy atom. The van der Waals surface area contributed by atoms with Gasteiger partial charge in [0.05, 0.1) is 0 Å². The van der Waals surface area contributed by atoms with Crippen molar-refractivity contribution in [1.82, 2.24) is 24.5 Å². The SMILES string of the molecule is CCCCCCCC/C=C\CCCCCCCCN(C)CCN(CCCCCCCC/C=C\CCCCCCCC)CCCCCCCC/C=C\CCCCCCCC.CCCCCCCC/C=C\CCCCCCCCN(CCCCCCCC/C=C\CCCCCCCC)CCN1CCN(CCC)CC1. The number of hydrogen-bond acceptors (Lipinski definition) is 5. The summed E-state index contributed by atoms with van der Waals surface area (Å²) in [6.07, 6.45) is 124. The molecule has 0 aromatic heterocycles. The predicted molar refractivity (Wildman–Crippen MR) is 491 cm³/mol. The third-order valence-corrected chi connectivity index (χ3v) is 23.5. The van der Waals surface area contributed by atoms with Crippen molar-refractivity contribution in [1.29, 1.82) is 0 Å². The van der Waals surface area contributed by atoms with Crippen LogP contribution in [0.3, 0.4) is 0 Å². The Balaban J connectivity index is 0.00000214. The molecule has 5 heteroatoms. The number of allylic oxidation sites excluding steroid dienone is 10. The lowest BCUT2D eigenvalue weighted by Crippen LogP contribution is -2.48. The van der Waals surface area contributed by atoms with E-state index in [-0.39, 0.29) is 0 Å². The lowest BCUT2D eigenvalue weighted by atomic mass is 10.1. The Morgan fingerprint density at radius 1 is 0.168 bits per heavy atom. The molecule has 1 aliphatic rings. The second kappa shape index (κ2) is 95.1. The fourth-order valence-electron chi connectivity index (χ4n) is 15.9. The number of likely N-dealkylation sites (N-methyl/N-ethyl adjacent to an activating group) is 1. The molecule has 0 saturated carbocycles. The molecule has 0 aromatic carbocycles. The molecule has 1 saturated heterocycles. The Kier molecular flexibility index (Phi) is 93.8. The fourth-order valence-corrected chi connectivity index (χ4v) is 15.9. The van der Waals surface area contributed by atoms with Gasteiger partial charge >= 0.3 is 0 Å². The van der Waals surface area contributed by atoms with E-state index in [4.69, 9.17) is 0 Å². The van der Waals surface area contributed by atoms with Crippen LogP contribution in [0.1, 0.15) is 497 Å². The first-order chi connectivity index (χ1) is 53.0. The average molecular weight is 1500 g/mol. The van der Waals surface area contributed by atoms with E-state index in [9.17, 15) is 0 Å². The Morgan fingerprint density at radius 3 is 0.561 bits per heavy atom. The fraction of sp³-hybridized carbons (Fsp3) is 0.902. The van der Waals surface area contributed by atoms with Crippen molar-refractivity contribution in [2.75, 3.05) is 98.7 Å². The van der Waals surface area contributed by atoms with Crippen LogP contribution in [0.5, 0.6) is 0 Å². The molecular formula is C102H201N5. The van der Waals surface area contributed by atoms with Crippen LogP contribution >= 0.6 is 0 Å². The monoisotopic (exact) mass is 1500 g/mol. The van der Waals surface area contributed by atoms with E-state index in [1.165, 1.54) is 548 Å². The van der Waals surface area contributed by atoms with Gasteiger partial charge in [0.15, 0.2) is 0 Å². The summed E-state index contributed by atoms with van der Waals surface area (Å²) in [5.74, 6) is 0. The molecule has 0 N–H and O–H groups in total. The van der Waals surface area contributed by atoms with Gasteiger partial charge in [-0.1, -0.05) is 391 Å². The predicted octanol–water partition coefficient (Wildman–Crippen LogP) is 32.7. The summed E-state index contributed by atoms with van der Waals surface area (Å²) < 4.78 is 0. The van der Waals surface area contributed by atoms with Crippen molar-refractivity contribution in [2.24, 2.45) is 0 Å². The van der Waals surface area contributed by atoms with E-state index in [1.54, 1.807) is 0 Å². The molecule has 1 heterocycles. The minimum absolute atomic E-state index is 1.24. The summed E-state index contributed by atoms with van der Waals surface area (Å²) >= 11 is 0. The van der Waals surface area contributed by atoms with E-state index < -0.39 is 0 Å². The first kappa shape index (κ1) is 106. The zero-order valence-electron chi connectivity index (χ0n) is 75.1. The molecule has 0 radical (unpaired) electrons. The van der Waals surface area contributed by atoms with Crippen LogP contribution in [0, 0.1) is 0 Å². The maximum atomic E-state index is 2.84. The van der Waals surface area contributed by atoms with Crippen LogP contribution in [-0.2, 0) is 0 Å². The summed E-state index contributed by atoms with van der Waals surface area (Å²) in [6, 6.07) is 0. The third kappa shape index (κ3) is 88.3. The zero-order chi connectivity index (χ0) is 77.1. The van der Waals surface area contributed by atoms with Crippen molar-refractivity contribution >= 4 is 0 Å². The first-order valence-electron chi connectivity index (χ1n) is 49.9. The van der Waals surface area contributed by atoms with Crippen molar-refractivity contribution < 1.29 is 0 Å². The molecular weight excluding hydrogens is 1300 g/mol. The molecule has 1 aliphatic heterocycles. The Labute approximate surface area is 677 Å². The van der Waals surface area contributed by atoms with Crippen LogP contribution in [0.4, 0.5) is 0 Å². The van der Waals surface area contributed by atoms with Gasteiger partial charge in [-0.25, -0.2) is 0 Å². The number of piperazine rings is 1. The van der Waals surface area contributed by atoms with E-state index in [2.05, 4.69) is 134 Å². The molecule has 0 aliphatic carbocycles. The highest BCUT2D eigenvalue weighted by Crippen LogP contribution is 2.19. The van der Waals surface area contributed by atoms with Gasteiger partial charge in [-0.3, -0.25) is 4.90 Å². The second-order valence-electron chi connectivity index (χ2n) is 34.4. The summed E-state index contributed by atoms with van der Waals surface area (Å²) in [4.78, 5) is 13.7. The van der Waals surface area contributed by atoms with Gasteiger partial charge in [-0.05, 0) is 213 Å². The molecule has 0 bridgehead atoms.